The average Bonchev–Trinajstić information content (AvgIpc) is 2.66. The third-order valence-corrected chi connectivity index (χ3v) is 3.05. The number of nitrogens with one attached hydrogen (secondary N) is 1. The molecule has 6 nitrogen and oxygen atoms in total. The molecule has 1 aromatic heterocycles. The Bertz CT molecular complexity index is 408. The van der Waals surface area contributed by atoms with Crippen LogP contribution in [0, 0.1) is 0 Å². The lowest BCUT2D eigenvalue weighted by Gasteiger charge is -2.16. The highest BCUT2D eigenvalue weighted by Gasteiger charge is 2.10. The molecule has 0 aliphatic rings. The van der Waals surface area contributed by atoms with E-state index in [4.69, 9.17) is 16.3 Å². The van der Waals surface area contributed by atoms with Gasteiger partial charge in [-0.05, 0) is 13.5 Å². The Morgan fingerprint density at radius 2 is 2.37 bits per heavy atom. The van der Waals surface area contributed by atoms with E-state index in [1.54, 1.807) is 17.9 Å². The molecule has 0 spiro atoms. The van der Waals surface area contributed by atoms with E-state index < -0.39 is 0 Å². The van der Waals surface area contributed by atoms with E-state index in [1.165, 1.54) is 0 Å². The molecule has 7 heteroatoms. The van der Waals surface area contributed by atoms with E-state index >= 15 is 0 Å². The van der Waals surface area contributed by atoms with Gasteiger partial charge in [-0.3, -0.25) is 9.69 Å². The minimum absolute atomic E-state index is 0.00101. The molecule has 0 radical (unpaired) electrons. The van der Waals surface area contributed by atoms with Gasteiger partial charge in [-0.1, -0.05) is 11.6 Å². The number of hydrogen-bond acceptors (Lipinski definition) is 4. The zero-order valence-corrected chi connectivity index (χ0v) is 12.4. The lowest BCUT2D eigenvalue weighted by atomic mass is 10.4. The summed E-state index contributed by atoms with van der Waals surface area (Å²) in [4.78, 5) is 17.7. The molecule has 0 saturated heterocycles. The molecule has 108 valence electrons. The summed E-state index contributed by atoms with van der Waals surface area (Å²) >= 11 is 5.91. The number of ether oxygens (including phenoxy) is 1. The van der Waals surface area contributed by atoms with Crippen LogP contribution in [0.25, 0.3) is 0 Å². The van der Waals surface area contributed by atoms with Crippen LogP contribution >= 0.6 is 11.6 Å². The predicted octanol–water partition coefficient (Wildman–Crippen LogP) is 0.658. The number of methoxy groups -OCH3 is 1. The van der Waals surface area contributed by atoms with Crippen LogP contribution in [-0.4, -0.2) is 54.2 Å². The van der Waals surface area contributed by atoms with Crippen molar-refractivity contribution in [1.82, 2.24) is 19.8 Å². The first-order valence-electron chi connectivity index (χ1n) is 6.15. The van der Waals surface area contributed by atoms with Gasteiger partial charge in [-0.2, -0.15) is 0 Å². The largest absolute Gasteiger partial charge is 0.385 e. The van der Waals surface area contributed by atoms with Crippen molar-refractivity contribution in [2.45, 2.75) is 13.0 Å². The fraction of sp³-hybridized carbons (Fsp3) is 0.667. The van der Waals surface area contributed by atoms with E-state index in [0.29, 0.717) is 31.4 Å². The van der Waals surface area contributed by atoms with Gasteiger partial charge in [0.1, 0.15) is 11.0 Å². The summed E-state index contributed by atoms with van der Waals surface area (Å²) in [5.41, 5.74) is 0. The quantitative estimate of drug-likeness (QED) is 0.714. The molecule has 1 amide bonds. The maximum Gasteiger partial charge on any atom is 0.234 e. The number of amides is 1. The first kappa shape index (κ1) is 15.9. The summed E-state index contributed by atoms with van der Waals surface area (Å²) in [6, 6.07) is 0. The highest BCUT2D eigenvalue weighted by molar-refractivity contribution is 6.29. The summed E-state index contributed by atoms with van der Waals surface area (Å²) in [7, 11) is 5.37. The van der Waals surface area contributed by atoms with E-state index in [9.17, 15) is 4.79 Å². The molecule has 0 bridgehead atoms. The fourth-order valence-electron chi connectivity index (χ4n) is 1.61. The van der Waals surface area contributed by atoms with Crippen molar-refractivity contribution in [3.63, 3.8) is 0 Å². The molecule has 0 saturated carbocycles. The molecule has 1 rings (SSSR count). The number of aromatic nitrogens is 2. The lowest BCUT2D eigenvalue weighted by Crippen LogP contribution is -2.36. The average molecular weight is 289 g/mol. The van der Waals surface area contributed by atoms with Crippen molar-refractivity contribution in [3.05, 3.63) is 17.2 Å². The molecule has 0 aromatic carbocycles. The number of hydrogen-bond donors (Lipinski definition) is 1. The van der Waals surface area contributed by atoms with Crippen LogP contribution in [0.15, 0.2) is 6.20 Å². The van der Waals surface area contributed by atoms with Crippen LogP contribution in [-0.2, 0) is 23.1 Å². The van der Waals surface area contributed by atoms with Gasteiger partial charge in [-0.15, -0.1) is 0 Å². The zero-order chi connectivity index (χ0) is 14.3. The third-order valence-electron chi connectivity index (χ3n) is 2.70. The molecule has 1 aromatic rings. The Kier molecular flexibility index (Phi) is 6.83. The molecular formula is C12H21ClN4O2. The maximum atomic E-state index is 11.7. The van der Waals surface area contributed by atoms with Gasteiger partial charge in [0.15, 0.2) is 0 Å². The van der Waals surface area contributed by atoms with Gasteiger partial charge in [0.2, 0.25) is 5.91 Å². The Morgan fingerprint density at radius 3 is 2.95 bits per heavy atom. The number of nitrogens with zero attached hydrogens (tertiary/aromatic N) is 3. The summed E-state index contributed by atoms with van der Waals surface area (Å²) in [6.45, 7) is 2.20. The monoisotopic (exact) mass is 288 g/mol. The van der Waals surface area contributed by atoms with Crippen molar-refractivity contribution in [2.24, 2.45) is 7.05 Å². The number of carbonyl (C=O) groups is 1. The van der Waals surface area contributed by atoms with Crippen LogP contribution < -0.4 is 5.32 Å². The summed E-state index contributed by atoms with van der Waals surface area (Å²) in [5.74, 6) is 0.832. The first-order chi connectivity index (χ1) is 9.04. The molecule has 0 fully saturated rings. The SMILES string of the molecule is COCCCNC(=O)CN(C)Cc1ncc(Cl)n1C. The van der Waals surface area contributed by atoms with Gasteiger partial charge in [0.25, 0.3) is 0 Å². The molecule has 0 unspecified atom stereocenters. The normalized spacial score (nSPS) is 11.0. The van der Waals surface area contributed by atoms with E-state index in [2.05, 4.69) is 10.3 Å². The van der Waals surface area contributed by atoms with Gasteiger partial charge in [-0.25, -0.2) is 4.98 Å². The highest BCUT2D eigenvalue weighted by atomic mass is 35.5. The molecule has 1 N–H and O–H groups in total. The number of likely N-dealkylation sites (N-methyl/N-ethyl adjacent to an activating group) is 1. The van der Waals surface area contributed by atoms with Gasteiger partial charge in [0.05, 0.1) is 19.3 Å². The molecule has 0 aliphatic heterocycles. The number of halogens is 1. The van der Waals surface area contributed by atoms with Crippen molar-refractivity contribution >= 4 is 17.5 Å². The van der Waals surface area contributed by atoms with Crippen LogP contribution in [0.1, 0.15) is 12.2 Å². The topological polar surface area (TPSA) is 59.4 Å². The number of imidazole rings is 1. The highest BCUT2D eigenvalue weighted by Crippen LogP contribution is 2.10. The van der Waals surface area contributed by atoms with Crippen LogP contribution in [0.2, 0.25) is 5.15 Å². The first-order valence-corrected chi connectivity index (χ1v) is 6.52. The van der Waals surface area contributed by atoms with Crippen molar-refractivity contribution in [3.8, 4) is 0 Å². The minimum Gasteiger partial charge on any atom is -0.385 e. The molecule has 0 atom stereocenters. The second-order valence-electron chi connectivity index (χ2n) is 4.42. The smallest absolute Gasteiger partial charge is 0.234 e. The molecule has 0 aliphatic carbocycles. The maximum absolute atomic E-state index is 11.7. The van der Waals surface area contributed by atoms with Crippen LogP contribution in [0.4, 0.5) is 0 Å². The number of carbonyl (C=O) groups excluding carboxylic acids is 1. The van der Waals surface area contributed by atoms with Gasteiger partial charge in [0, 0.05) is 27.3 Å². The van der Waals surface area contributed by atoms with E-state index in [0.717, 1.165) is 12.2 Å². The predicted molar refractivity (Wildman–Crippen MR) is 74.1 cm³/mol. The molecular weight excluding hydrogens is 268 g/mol. The zero-order valence-electron chi connectivity index (χ0n) is 11.6. The Hall–Kier alpha value is -1.11. The minimum atomic E-state index is -0.00101. The van der Waals surface area contributed by atoms with Crippen molar-refractivity contribution in [2.75, 3.05) is 33.9 Å². The molecule has 19 heavy (non-hydrogen) atoms. The summed E-state index contributed by atoms with van der Waals surface area (Å²) < 4.78 is 6.71. The fourth-order valence-corrected chi connectivity index (χ4v) is 1.76. The Labute approximate surface area is 118 Å². The third kappa shape index (κ3) is 5.59. The second kappa shape index (κ2) is 8.14. The van der Waals surface area contributed by atoms with E-state index in [-0.39, 0.29) is 5.91 Å². The molecule has 1 heterocycles. The van der Waals surface area contributed by atoms with Crippen LogP contribution in [0.3, 0.4) is 0 Å². The van der Waals surface area contributed by atoms with Gasteiger partial charge >= 0.3 is 0 Å². The Morgan fingerprint density at radius 1 is 1.63 bits per heavy atom. The summed E-state index contributed by atoms with van der Waals surface area (Å²) in [5, 5.41) is 3.43. The number of rotatable bonds is 8. The van der Waals surface area contributed by atoms with Gasteiger partial charge < -0.3 is 14.6 Å². The second-order valence-corrected chi connectivity index (χ2v) is 4.81. The standard InChI is InChI=1S/C12H21ClN4O2/c1-16(8-11-15-7-10(13)17(11)2)9-12(18)14-5-4-6-19-3/h7H,4-6,8-9H2,1-3H3,(H,14,18). The Balaban J connectivity index is 2.28. The van der Waals surface area contributed by atoms with Crippen LogP contribution in [0.5, 0.6) is 0 Å². The lowest BCUT2D eigenvalue weighted by molar-refractivity contribution is -0.122. The van der Waals surface area contributed by atoms with E-state index in [1.807, 2.05) is 19.0 Å². The van der Waals surface area contributed by atoms with Crippen molar-refractivity contribution in [1.29, 1.82) is 0 Å². The van der Waals surface area contributed by atoms with Crippen molar-refractivity contribution < 1.29 is 9.53 Å². The summed E-state index contributed by atoms with van der Waals surface area (Å²) in [6.07, 6.45) is 2.43.